The van der Waals surface area contributed by atoms with Crippen LogP contribution in [0.4, 0.5) is 0 Å². The van der Waals surface area contributed by atoms with Crippen LogP contribution in [-0.4, -0.2) is 20.5 Å². The first-order valence-corrected chi connectivity index (χ1v) is 7.15. The van der Waals surface area contributed by atoms with Crippen LogP contribution in [0, 0.1) is 17.8 Å². The van der Waals surface area contributed by atoms with Crippen LogP contribution in [0.1, 0.15) is 36.9 Å². The summed E-state index contributed by atoms with van der Waals surface area (Å²) >= 11 is 0. The summed E-state index contributed by atoms with van der Waals surface area (Å²) in [5.41, 5.74) is 1.31. The Bertz CT molecular complexity index is 663. The molecule has 0 atom stereocenters. The molecule has 2 aromatic rings. The van der Waals surface area contributed by atoms with Crippen molar-refractivity contribution in [2.75, 3.05) is 0 Å². The van der Waals surface area contributed by atoms with Crippen molar-refractivity contribution in [2.45, 2.75) is 32.3 Å². The van der Waals surface area contributed by atoms with Gasteiger partial charge in [-0.15, -0.1) is 5.10 Å². The van der Waals surface area contributed by atoms with E-state index in [1.54, 1.807) is 0 Å². The van der Waals surface area contributed by atoms with E-state index in [-0.39, 0.29) is 6.61 Å². The molecule has 108 valence electrons. The lowest BCUT2D eigenvalue weighted by Crippen LogP contribution is -1.91. The summed E-state index contributed by atoms with van der Waals surface area (Å²) in [6.07, 6.45) is 5.00. The predicted octanol–water partition coefficient (Wildman–Crippen LogP) is 2.63. The fraction of sp³-hybridized carbons (Fsp3) is 0.375. The van der Waals surface area contributed by atoms with E-state index < -0.39 is 0 Å². The summed E-state index contributed by atoms with van der Waals surface area (Å²) in [5.74, 6) is 8.08. The number of hydrogen-bond donors (Lipinski definition) is 2. The number of hydrogen-bond acceptors (Lipinski definition) is 4. The van der Waals surface area contributed by atoms with Gasteiger partial charge in [-0.3, -0.25) is 0 Å². The number of aromatic nitrogens is 3. The van der Waals surface area contributed by atoms with Gasteiger partial charge in [-0.1, -0.05) is 36.0 Å². The number of H-pyrrole nitrogens is 1. The van der Waals surface area contributed by atoms with Crippen LogP contribution in [0.5, 0.6) is 11.6 Å². The second kappa shape index (κ2) is 6.42. The minimum atomic E-state index is -0.215. The summed E-state index contributed by atoms with van der Waals surface area (Å²) in [6, 6.07) is 7.58. The van der Waals surface area contributed by atoms with Gasteiger partial charge in [-0.2, -0.15) is 0 Å². The molecule has 1 aromatic heterocycles. The van der Waals surface area contributed by atoms with E-state index in [0.29, 0.717) is 23.2 Å². The quantitative estimate of drug-likeness (QED) is 0.849. The van der Waals surface area contributed by atoms with Gasteiger partial charge in [0.15, 0.2) is 5.69 Å². The topological polar surface area (TPSA) is 71.0 Å². The molecule has 2 N–H and O–H groups in total. The first kappa shape index (κ1) is 13.7. The molecule has 0 radical (unpaired) electrons. The second-order valence-corrected chi connectivity index (χ2v) is 5.13. The fourth-order valence-electron chi connectivity index (χ4n) is 2.44. The van der Waals surface area contributed by atoms with Crippen LogP contribution in [0.2, 0.25) is 0 Å². The molecule has 0 spiro atoms. The molecule has 0 unspecified atom stereocenters. The second-order valence-electron chi connectivity index (χ2n) is 5.13. The highest BCUT2D eigenvalue weighted by Gasteiger charge is 2.11. The Morgan fingerprint density at radius 2 is 2.19 bits per heavy atom. The average molecular weight is 283 g/mol. The summed E-state index contributed by atoms with van der Waals surface area (Å²) < 4.78 is 5.64. The van der Waals surface area contributed by atoms with Crippen molar-refractivity contribution in [3.63, 3.8) is 0 Å². The van der Waals surface area contributed by atoms with E-state index in [2.05, 4.69) is 27.3 Å². The average Bonchev–Trinajstić information content (AvgIpc) is 3.16. The summed E-state index contributed by atoms with van der Waals surface area (Å²) in [5, 5.41) is 19.1. The number of ether oxygens (including phenoxy) is 1. The van der Waals surface area contributed by atoms with E-state index in [0.717, 1.165) is 5.56 Å². The minimum Gasteiger partial charge on any atom is -0.437 e. The lowest BCUT2D eigenvalue weighted by Gasteiger charge is -2.04. The number of aliphatic hydroxyl groups excluding tert-OH is 1. The molecular weight excluding hydrogens is 266 g/mol. The van der Waals surface area contributed by atoms with Crippen LogP contribution in [0.25, 0.3) is 0 Å². The third kappa shape index (κ3) is 3.41. The number of aromatic amines is 1. The first-order valence-electron chi connectivity index (χ1n) is 7.15. The molecule has 0 bridgehead atoms. The molecule has 5 heteroatoms. The zero-order valence-corrected chi connectivity index (χ0v) is 11.7. The Morgan fingerprint density at radius 1 is 1.33 bits per heavy atom. The predicted molar refractivity (Wildman–Crippen MR) is 77.7 cm³/mol. The number of nitrogens with one attached hydrogen (secondary N) is 1. The van der Waals surface area contributed by atoms with Gasteiger partial charge < -0.3 is 9.84 Å². The van der Waals surface area contributed by atoms with Gasteiger partial charge >= 0.3 is 0 Å². The monoisotopic (exact) mass is 283 g/mol. The van der Waals surface area contributed by atoms with Gasteiger partial charge in [0.1, 0.15) is 5.75 Å². The van der Waals surface area contributed by atoms with Crippen molar-refractivity contribution in [1.29, 1.82) is 0 Å². The molecule has 0 amide bonds. The van der Waals surface area contributed by atoms with Gasteiger partial charge in [0.05, 0.1) is 6.61 Å². The number of aliphatic hydroxyl groups is 1. The molecule has 1 heterocycles. The molecule has 1 saturated carbocycles. The van der Waals surface area contributed by atoms with Gasteiger partial charge in [-0.25, -0.2) is 5.10 Å². The van der Waals surface area contributed by atoms with Crippen molar-refractivity contribution in [3.05, 3.63) is 35.5 Å². The lowest BCUT2D eigenvalue weighted by atomic mass is 10.1. The fourth-order valence-corrected chi connectivity index (χ4v) is 2.44. The first-order chi connectivity index (χ1) is 10.3. The van der Waals surface area contributed by atoms with Crippen molar-refractivity contribution in [2.24, 2.45) is 5.92 Å². The molecule has 0 aliphatic heterocycles. The van der Waals surface area contributed by atoms with Gasteiger partial charge in [0, 0.05) is 11.5 Å². The Kier molecular flexibility index (Phi) is 4.17. The molecular formula is C16H17N3O2. The molecule has 5 nitrogen and oxygen atoms in total. The summed E-state index contributed by atoms with van der Waals surface area (Å²) in [7, 11) is 0. The van der Waals surface area contributed by atoms with E-state index in [1.807, 2.05) is 24.3 Å². The summed E-state index contributed by atoms with van der Waals surface area (Å²) in [6.45, 7) is -0.215. The number of nitrogens with zero attached hydrogens (tertiary/aromatic N) is 2. The third-order valence-electron chi connectivity index (χ3n) is 3.56. The molecule has 1 aliphatic carbocycles. The Hall–Kier alpha value is -2.32. The molecule has 0 saturated heterocycles. The smallest absolute Gasteiger partial charge is 0.241 e. The zero-order valence-electron chi connectivity index (χ0n) is 11.7. The molecule has 1 aliphatic rings. The summed E-state index contributed by atoms with van der Waals surface area (Å²) in [4.78, 5) is 0. The highest BCUT2D eigenvalue weighted by Crippen LogP contribution is 2.25. The highest BCUT2D eigenvalue weighted by atomic mass is 16.5. The number of benzene rings is 1. The van der Waals surface area contributed by atoms with Crippen molar-refractivity contribution < 1.29 is 9.84 Å². The van der Waals surface area contributed by atoms with Crippen molar-refractivity contribution in [3.8, 4) is 23.5 Å². The largest absolute Gasteiger partial charge is 0.437 e. The molecule has 3 rings (SSSR count). The van der Waals surface area contributed by atoms with Crippen molar-refractivity contribution in [1.82, 2.24) is 15.4 Å². The Morgan fingerprint density at radius 3 is 3.00 bits per heavy atom. The van der Waals surface area contributed by atoms with Crippen LogP contribution < -0.4 is 4.74 Å². The van der Waals surface area contributed by atoms with Crippen LogP contribution in [0.15, 0.2) is 24.3 Å². The molecule has 21 heavy (non-hydrogen) atoms. The van der Waals surface area contributed by atoms with Crippen LogP contribution in [0.3, 0.4) is 0 Å². The van der Waals surface area contributed by atoms with Gasteiger partial charge in [0.25, 0.3) is 0 Å². The van der Waals surface area contributed by atoms with Gasteiger partial charge in [0.2, 0.25) is 5.88 Å². The number of rotatable bonds is 3. The highest BCUT2D eigenvalue weighted by molar-refractivity contribution is 5.41. The Balaban J connectivity index is 1.73. The maximum atomic E-state index is 9.12. The normalized spacial score (nSPS) is 14.7. The Labute approximate surface area is 123 Å². The van der Waals surface area contributed by atoms with Crippen LogP contribution in [-0.2, 0) is 6.61 Å². The standard InChI is InChI=1S/C16H17N3O2/c20-11-15-16(18-19-17-15)21-14-7-3-6-13(10-14)9-8-12-4-1-2-5-12/h3,6-7,10,12,20H,1-2,4-5,11H2,(H,17,18,19). The van der Waals surface area contributed by atoms with E-state index >= 15 is 0 Å². The van der Waals surface area contributed by atoms with Gasteiger partial charge in [-0.05, 0) is 31.0 Å². The van der Waals surface area contributed by atoms with E-state index in [4.69, 9.17) is 9.84 Å². The van der Waals surface area contributed by atoms with E-state index in [9.17, 15) is 0 Å². The van der Waals surface area contributed by atoms with Crippen molar-refractivity contribution >= 4 is 0 Å². The molecule has 1 aromatic carbocycles. The van der Waals surface area contributed by atoms with Crippen LogP contribution >= 0.6 is 0 Å². The minimum absolute atomic E-state index is 0.215. The van der Waals surface area contributed by atoms with E-state index in [1.165, 1.54) is 25.7 Å². The lowest BCUT2D eigenvalue weighted by molar-refractivity contribution is 0.271. The maximum absolute atomic E-state index is 9.12. The third-order valence-corrected chi connectivity index (χ3v) is 3.56. The zero-order chi connectivity index (χ0) is 14.5. The molecule has 1 fully saturated rings. The SMILES string of the molecule is OCc1nn[nH]c1Oc1cccc(C#CC2CCCC2)c1. The maximum Gasteiger partial charge on any atom is 0.241 e.